The van der Waals surface area contributed by atoms with Crippen molar-refractivity contribution in [3.8, 4) is 0 Å². The first kappa shape index (κ1) is 37.8. The van der Waals surface area contributed by atoms with E-state index in [-0.39, 0.29) is 29.6 Å². The van der Waals surface area contributed by atoms with Gasteiger partial charge in [0.05, 0.1) is 0 Å². The van der Waals surface area contributed by atoms with Crippen molar-refractivity contribution >= 4 is 81.4 Å². The van der Waals surface area contributed by atoms with Gasteiger partial charge in [0, 0.05) is 27.7 Å². The first-order chi connectivity index (χ1) is 9.20. The average Bonchev–Trinajstić information content (AvgIpc) is 2.13. The summed E-state index contributed by atoms with van der Waals surface area (Å²) in [5.41, 5.74) is 10.3. The number of aliphatic carboxylic acids is 4. The van der Waals surface area contributed by atoms with Gasteiger partial charge in [-0.05, 0) is 0 Å². The summed E-state index contributed by atoms with van der Waals surface area (Å²) in [4.78, 5) is 36.0. The van der Waals surface area contributed by atoms with E-state index in [1.165, 1.54) is 0 Å². The number of hydrogen-bond acceptors (Lipinski definition) is 6. The van der Waals surface area contributed by atoms with Crippen molar-refractivity contribution in [2.45, 2.75) is 31.0 Å². The van der Waals surface area contributed by atoms with E-state index in [2.05, 4.69) is 0 Å². The average molecular weight is 346 g/mol. The second-order valence-electron chi connectivity index (χ2n) is 3.29. The van der Waals surface area contributed by atoms with E-state index in [9.17, 15) is 0 Å². The van der Waals surface area contributed by atoms with Gasteiger partial charge in [-0.15, -0.1) is 0 Å². The maximum atomic E-state index is 9.00. The van der Waals surface area contributed by atoms with Gasteiger partial charge >= 0.3 is 78.8 Å². The summed E-state index contributed by atoms with van der Waals surface area (Å²) in [6, 6.07) is 0. The topological polar surface area (TPSA) is 201 Å². The molecule has 0 rings (SSSR count). The molecule has 0 aromatic carbocycles. The summed E-state index contributed by atoms with van der Waals surface area (Å²) >= 11 is 1.02. The van der Waals surface area contributed by atoms with Crippen molar-refractivity contribution < 1.29 is 39.6 Å². The third kappa shape index (κ3) is 2160. The fourth-order valence-corrected chi connectivity index (χ4v) is 0. The molecule has 1 unspecified atom stereocenters. The van der Waals surface area contributed by atoms with Crippen LogP contribution in [0, 0.1) is 0 Å². The molecular formula is C10H24N2Na2O8. The van der Waals surface area contributed by atoms with Crippen LogP contribution in [0.15, 0.2) is 0 Å². The number of rotatable bonds is 1. The Morgan fingerprint density at radius 1 is 0.818 bits per heavy atom. The summed E-state index contributed by atoms with van der Waals surface area (Å²) in [6.07, 6.45) is 0. The monoisotopic (exact) mass is 346 g/mol. The second-order valence-corrected chi connectivity index (χ2v) is 4.77. The van der Waals surface area contributed by atoms with Gasteiger partial charge in [0.2, 0.25) is 0 Å². The van der Waals surface area contributed by atoms with E-state index >= 15 is 0 Å². The van der Waals surface area contributed by atoms with Crippen LogP contribution in [-0.4, -0.2) is 112 Å². The van der Waals surface area contributed by atoms with Gasteiger partial charge in [0.25, 0.3) is 23.9 Å². The molecular weight excluding hydrogens is 322 g/mol. The maximum absolute atomic E-state index is 9.00. The Morgan fingerprint density at radius 2 is 0.864 bits per heavy atom. The molecule has 0 aliphatic carbocycles. The summed E-state index contributed by atoms with van der Waals surface area (Å²) < 4.78 is 0.301. The zero-order valence-corrected chi connectivity index (χ0v) is 14.9. The Hall–Kier alpha value is -0.200. The van der Waals surface area contributed by atoms with Crippen LogP contribution in [0.3, 0.4) is 0 Å². The van der Waals surface area contributed by atoms with Gasteiger partial charge in [-0.1, -0.05) is 0 Å². The fraction of sp³-hybridized carbons (Fsp3) is 0.600. The molecule has 22 heavy (non-hydrogen) atoms. The Bertz CT molecular complexity index is 224. The Morgan fingerprint density at radius 3 is 0.864 bits per heavy atom. The SMILES string of the molecule is CC(=O)O.CC(=O)O.CC(=O)O.CC(=O)O.NC[CH](N)[Na].[NaH]. The predicted octanol–water partition coefficient (Wildman–Crippen LogP) is -1.89. The molecule has 0 aliphatic heterocycles. The molecule has 0 amide bonds. The number of nitrogens with two attached hydrogens (primary N) is 2. The molecule has 0 radical (unpaired) electrons. The van der Waals surface area contributed by atoms with E-state index in [1.807, 2.05) is 0 Å². The number of hydrogen-bond donors (Lipinski definition) is 6. The standard InChI is InChI=1S/C2H7N2.4C2H4O2.2Na.H/c3-1-2-4;4*1-2(3)4;;;/h1H,2-4H2;4*1H3,(H,3,4);;;. The van der Waals surface area contributed by atoms with Gasteiger partial charge in [-0.2, -0.15) is 0 Å². The van der Waals surface area contributed by atoms with Gasteiger partial charge in [-0.25, -0.2) is 0 Å². The molecule has 0 aliphatic rings. The summed E-state index contributed by atoms with van der Waals surface area (Å²) in [5, 5.41) is 29.7. The van der Waals surface area contributed by atoms with Crippen molar-refractivity contribution in [3.05, 3.63) is 0 Å². The Labute approximate surface area is 168 Å². The minimum atomic E-state index is -0.833. The fourth-order valence-electron chi connectivity index (χ4n) is 0. The van der Waals surface area contributed by atoms with Crippen LogP contribution in [0.5, 0.6) is 0 Å². The molecule has 0 spiro atoms. The van der Waals surface area contributed by atoms with Crippen molar-refractivity contribution in [2.75, 3.05) is 6.54 Å². The first-order valence-corrected chi connectivity index (χ1v) is 6.59. The molecule has 0 fully saturated rings. The normalized spacial score (nSPS) is 8.00. The van der Waals surface area contributed by atoms with Crippen molar-refractivity contribution in [2.24, 2.45) is 11.5 Å². The van der Waals surface area contributed by atoms with Crippen molar-refractivity contribution in [1.82, 2.24) is 0 Å². The van der Waals surface area contributed by atoms with Gasteiger partial charge in [0.1, 0.15) is 0 Å². The van der Waals surface area contributed by atoms with E-state index in [1.54, 1.807) is 0 Å². The molecule has 0 aromatic heterocycles. The first-order valence-electron chi connectivity index (χ1n) is 5.44. The number of carboxylic acids is 4. The van der Waals surface area contributed by atoms with Crippen LogP contribution in [0.2, 0.25) is 0 Å². The molecule has 12 heteroatoms. The van der Waals surface area contributed by atoms with Crippen LogP contribution in [0.4, 0.5) is 0 Å². The molecule has 8 N–H and O–H groups in total. The predicted molar refractivity (Wildman–Crippen MR) is 83.2 cm³/mol. The van der Waals surface area contributed by atoms with E-state index in [4.69, 9.17) is 51.1 Å². The molecule has 0 aromatic rings. The molecule has 0 saturated carbocycles. The van der Waals surface area contributed by atoms with E-state index in [0.717, 1.165) is 55.6 Å². The summed E-state index contributed by atoms with van der Waals surface area (Å²) in [6.45, 7) is 4.98. The van der Waals surface area contributed by atoms with Crippen LogP contribution < -0.4 is 11.5 Å². The van der Waals surface area contributed by atoms with Crippen LogP contribution in [0.1, 0.15) is 27.7 Å². The van der Waals surface area contributed by atoms with Crippen LogP contribution in [0.25, 0.3) is 0 Å². The number of carbonyl (C=O) groups is 4. The molecule has 10 nitrogen and oxygen atoms in total. The van der Waals surface area contributed by atoms with Crippen molar-refractivity contribution in [1.29, 1.82) is 0 Å². The van der Waals surface area contributed by atoms with E-state index < -0.39 is 23.9 Å². The second kappa shape index (κ2) is 32.7. The Balaban J connectivity index is -0.0000000361. The zero-order chi connectivity index (χ0) is 18.6. The van der Waals surface area contributed by atoms with Gasteiger partial charge < -0.3 is 20.4 Å². The Kier molecular flexibility index (Phi) is 56.1. The molecule has 0 heterocycles. The number of carboxylic acid groups (broad SMARTS) is 4. The minimum absolute atomic E-state index is 0. The van der Waals surface area contributed by atoms with Crippen molar-refractivity contribution in [3.63, 3.8) is 0 Å². The summed E-state index contributed by atoms with van der Waals surface area (Å²) in [7, 11) is 0. The molecule has 0 bridgehead atoms. The van der Waals surface area contributed by atoms with E-state index in [0.29, 0.717) is 9.84 Å². The molecule has 124 valence electrons. The van der Waals surface area contributed by atoms with Crippen LogP contribution in [-0.2, 0) is 19.2 Å². The van der Waals surface area contributed by atoms with Gasteiger partial charge in [-0.3, -0.25) is 19.2 Å². The third-order valence-corrected chi connectivity index (χ3v) is 0.843. The summed E-state index contributed by atoms with van der Waals surface area (Å²) in [5.74, 6) is -3.33. The zero-order valence-electron chi connectivity index (χ0n) is 12.9. The third-order valence-electron chi connectivity index (χ3n) is 0.372. The molecule has 1 atom stereocenters. The van der Waals surface area contributed by atoms with Gasteiger partial charge in [0.15, 0.2) is 0 Å². The van der Waals surface area contributed by atoms with Crippen LogP contribution >= 0.6 is 0 Å². The molecule has 0 saturated heterocycles. The quantitative estimate of drug-likeness (QED) is 0.291.